The van der Waals surface area contributed by atoms with Crippen LogP contribution in [-0.4, -0.2) is 10.7 Å². The second kappa shape index (κ2) is 6.65. The van der Waals surface area contributed by atoms with Crippen LogP contribution in [0, 0.1) is 10.1 Å². The van der Waals surface area contributed by atoms with Gasteiger partial charge in [-0.1, -0.05) is 19.1 Å². The molecule has 0 unspecified atom stereocenters. The lowest BCUT2D eigenvalue weighted by Crippen LogP contribution is -1.99. The standard InChI is InChI=1S/C16H15NO4/c1-2-16(18)13-6-8-15(9-7-13)21-11-12-4-3-5-14(10-12)17(19)20/h3-10H,2,11H2,1H3. The number of Topliss-reactive ketones (excluding diaryl/α,β-unsaturated/α-hetero) is 1. The normalized spacial score (nSPS) is 10.1. The quantitative estimate of drug-likeness (QED) is 0.460. The molecule has 0 atom stereocenters. The molecule has 5 heteroatoms. The van der Waals surface area contributed by atoms with Gasteiger partial charge in [-0.3, -0.25) is 14.9 Å². The van der Waals surface area contributed by atoms with E-state index in [1.54, 1.807) is 36.4 Å². The van der Waals surface area contributed by atoms with Gasteiger partial charge in [-0.15, -0.1) is 0 Å². The molecule has 0 aliphatic carbocycles. The van der Waals surface area contributed by atoms with Gasteiger partial charge in [0.25, 0.3) is 5.69 Å². The first kappa shape index (κ1) is 14.7. The third-order valence-corrected chi connectivity index (χ3v) is 3.02. The molecule has 0 saturated carbocycles. The van der Waals surface area contributed by atoms with Crippen LogP contribution in [0.15, 0.2) is 48.5 Å². The van der Waals surface area contributed by atoms with Crippen molar-refractivity contribution in [2.24, 2.45) is 0 Å². The minimum absolute atomic E-state index is 0.0417. The predicted molar refractivity (Wildman–Crippen MR) is 78.5 cm³/mol. The van der Waals surface area contributed by atoms with Crippen LogP contribution < -0.4 is 4.74 Å². The van der Waals surface area contributed by atoms with Gasteiger partial charge >= 0.3 is 0 Å². The van der Waals surface area contributed by atoms with Crippen LogP contribution in [0.5, 0.6) is 5.75 Å². The number of ether oxygens (including phenoxy) is 1. The zero-order valence-corrected chi connectivity index (χ0v) is 11.6. The largest absolute Gasteiger partial charge is 0.489 e. The molecule has 0 aromatic heterocycles. The highest BCUT2D eigenvalue weighted by atomic mass is 16.6. The Morgan fingerprint density at radius 2 is 1.90 bits per heavy atom. The molecule has 2 rings (SSSR count). The molecule has 108 valence electrons. The van der Waals surface area contributed by atoms with E-state index in [0.717, 1.165) is 5.56 Å². The molecule has 5 nitrogen and oxygen atoms in total. The Hall–Kier alpha value is -2.69. The molecule has 0 N–H and O–H groups in total. The Kier molecular flexibility index (Phi) is 4.66. The maximum Gasteiger partial charge on any atom is 0.269 e. The van der Waals surface area contributed by atoms with E-state index in [4.69, 9.17) is 4.74 Å². The summed E-state index contributed by atoms with van der Waals surface area (Å²) < 4.78 is 5.56. The smallest absolute Gasteiger partial charge is 0.269 e. The molecule has 0 fully saturated rings. The van der Waals surface area contributed by atoms with Gasteiger partial charge in [-0.2, -0.15) is 0 Å². The average Bonchev–Trinajstić information content (AvgIpc) is 2.53. The van der Waals surface area contributed by atoms with Crippen LogP contribution in [0.4, 0.5) is 5.69 Å². The van der Waals surface area contributed by atoms with Crippen LogP contribution in [0.25, 0.3) is 0 Å². The van der Waals surface area contributed by atoms with E-state index >= 15 is 0 Å². The van der Waals surface area contributed by atoms with Crippen molar-refractivity contribution in [2.45, 2.75) is 20.0 Å². The van der Waals surface area contributed by atoms with Crippen LogP contribution in [0.2, 0.25) is 0 Å². The Balaban J connectivity index is 2.01. The van der Waals surface area contributed by atoms with E-state index in [1.807, 2.05) is 6.92 Å². The lowest BCUT2D eigenvalue weighted by Gasteiger charge is -2.07. The molecular weight excluding hydrogens is 270 g/mol. The Morgan fingerprint density at radius 1 is 1.19 bits per heavy atom. The number of carbonyl (C=O) groups excluding carboxylic acids is 1. The first-order valence-corrected chi connectivity index (χ1v) is 6.59. The van der Waals surface area contributed by atoms with E-state index in [2.05, 4.69) is 0 Å². The first-order chi connectivity index (χ1) is 10.1. The summed E-state index contributed by atoms with van der Waals surface area (Å²) in [6, 6.07) is 13.2. The van der Waals surface area contributed by atoms with Gasteiger partial charge < -0.3 is 4.74 Å². The summed E-state index contributed by atoms with van der Waals surface area (Å²) in [6.07, 6.45) is 0.466. The Bertz CT molecular complexity index is 650. The predicted octanol–water partition coefficient (Wildman–Crippen LogP) is 3.77. The zero-order chi connectivity index (χ0) is 15.2. The van der Waals surface area contributed by atoms with Crippen molar-refractivity contribution in [1.29, 1.82) is 0 Å². The first-order valence-electron chi connectivity index (χ1n) is 6.59. The molecule has 2 aromatic carbocycles. The fourth-order valence-corrected chi connectivity index (χ4v) is 1.87. The number of non-ortho nitro benzene ring substituents is 1. The monoisotopic (exact) mass is 285 g/mol. The summed E-state index contributed by atoms with van der Waals surface area (Å²) in [7, 11) is 0. The van der Waals surface area contributed by atoms with Crippen molar-refractivity contribution in [3.63, 3.8) is 0 Å². The van der Waals surface area contributed by atoms with Crippen molar-refractivity contribution in [3.05, 3.63) is 69.8 Å². The van der Waals surface area contributed by atoms with Crippen LogP contribution >= 0.6 is 0 Å². The molecule has 0 bridgehead atoms. The fraction of sp³-hybridized carbons (Fsp3) is 0.188. The van der Waals surface area contributed by atoms with Crippen molar-refractivity contribution >= 4 is 11.5 Å². The molecule has 0 aliphatic heterocycles. The second-order valence-electron chi connectivity index (χ2n) is 4.52. The third-order valence-electron chi connectivity index (χ3n) is 3.02. The number of nitrogens with zero attached hydrogens (tertiary/aromatic N) is 1. The SMILES string of the molecule is CCC(=O)c1ccc(OCc2cccc([N+](=O)[O-])c2)cc1. The van der Waals surface area contributed by atoms with Gasteiger partial charge in [0, 0.05) is 24.1 Å². The van der Waals surface area contributed by atoms with E-state index < -0.39 is 4.92 Å². The zero-order valence-electron chi connectivity index (χ0n) is 11.6. The lowest BCUT2D eigenvalue weighted by molar-refractivity contribution is -0.384. The number of carbonyl (C=O) groups is 1. The number of benzene rings is 2. The lowest BCUT2D eigenvalue weighted by atomic mass is 10.1. The Morgan fingerprint density at radius 3 is 2.52 bits per heavy atom. The van der Waals surface area contributed by atoms with E-state index in [9.17, 15) is 14.9 Å². The number of hydrogen-bond donors (Lipinski definition) is 0. The number of nitro benzene ring substituents is 1. The summed E-state index contributed by atoms with van der Waals surface area (Å²) in [5, 5.41) is 10.7. The summed E-state index contributed by atoms with van der Waals surface area (Å²) in [5.41, 5.74) is 1.41. The van der Waals surface area contributed by atoms with Gasteiger partial charge in [-0.05, 0) is 29.8 Å². The summed E-state index contributed by atoms with van der Waals surface area (Å²) in [4.78, 5) is 21.8. The van der Waals surface area contributed by atoms with Crippen LogP contribution in [0.1, 0.15) is 29.3 Å². The topological polar surface area (TPSA) is 69.4 Å². The molecule has 21 heavy (non-hydrogen) atoms. The molecular formula is C16H15NO4. The van der Waals surface area contributed by atoms with Gasteiger partial charge in [-0.25, -0.2) is 0 Å². The number of ketones is 1. The van der Waals surface area contributed by atoms with Crippen LogP contribution in [0.3, 0.4) is 0 Å². The minimum atomic E-state index is -0.436. The summed E-state index contributed by atoms with van der Waals surface area (Å²) in [5.74, 6) is 0.703. The molecule has 0 amide bonds. The third kappa shape index (κ3) is 3.89. The second-order valence-corrected chi connectivity index (χ2v) is 4.52. The van der Waals surface area contributed by atoms with Crippen molar-refractivity contribution < 1.29 is 14.5 Å². The molecule has 0 spiro atoms. The number of hydrogen-bond acceptors (Lipinski definition) is 4. The maximum atomic E-state index is 11.5. The highest BCUT2D eigenvalue weighted by Crippen LogP contribution is 2.17. The van der Waals surface area contributed by atoms with Crippen molar-refractivity contribution in [1.82, 2.24) is 0 Å². The number of nitro groups is 1. The molecule has 0 heterocycles. The van der Waals surface area contributed by atoms with Crippen LogP contribution in [-0.2, 0) is 6.61 Å². The molecule has 0 radical (unpaired) electrons. The van der Waals surface area contributed by atoms with E-state index in [0.29, 0.717) is 17.7 Å². The highest BCUT2D eigenvalue weighted by molar-refractivity contribution is 5.95. The summed E-state index contributed by atoms with van der Waals surface area (Å²) >= 11 is 0. The summed E-state index contributed by atoms with van der Waals surface area (Å²) in [6.45, 7) is 2.05. The minimum Gasteiger partial charge on any atom is -0.489 e. The van der Waals surface area contributed by atoms with Gasteiger partial charge in [0.2, 0.25) is 0 Å². The molecule has 2 aromatic rings. The van der Waals surface area contributed by atoms with Gasteiger partial charge in [0.05, 0.1) is 4.92 Å². The molecule has 0 aliphatic rings. The van der Waals surface area contributed by atoms with Gasteiger partial charge in [0.15, 0.2) is 5.78 Å². The van der Waals surface area contributed by atoms with Gasteiger partial charge in [0.1, 0.15) is 12.4 Å². The highest BCUT2D eigenvalue weighted by Gasteiger charge is 2.06. The fourth-order valence-electron chi connectivity index (χ4n) is 1.87. The average molecular weight is 285 g/mol. The molecule has 0 saturated heterocycles. The van der Waals surface area contributed by atoms with Crippen molar-refractivity contribution in [2.75, 3.05) is 0 Å². The number of rotatable bonds is 6. The Labute approximate surface area is 122 Å². The van der Waals surface area contributed by atoms with E-state index in [-0.39, 0.29) is 18.1 Å². The van der Waals surface area contributed by atoms with Crippen molar-refractivity contribution in [3.8, 4) is 5.75 Å². The maximum absolute atomic E-state index is 11.5. The van der Waals surface area contributed by atoms with E-state index in [1.165, 1.54) is 12.1 Å².